The van der Waals surface area contributed by atoms with E-state index in [0.717, 1.165) is 40.1 Å². The molecule has 4 aromatic heterocycles. The maximum atomic E-state index is 4.69. The lowest BCUT2D eigenvalue weighted by atomic mass is 10.3. The fourth-order valence-corrected chi connectivity index (χ4v) is 3.60. The van der Waals surface area contributed by atoms with Crippen molar-refractivity contribution >= 4 is 34.1 Å². The number of thiazole rings is 1. The van der Waals surface area contributed by atoms with Crippen molar-refractivity contribution in [2.45, 2.75) is 13.5 Å². The number of nitrogens with zero attached hydrogens (tertiary/aromatic N) is 6. The molecule has 0 unspecified atom stereocenters. The van der Waals surface area contributed by atoms with Crippen molar-refractivity contribution in [2.24, 2.45) is 0 Å². The quantitative estimate of drug-likeness (QED) is 0.570. The molecule has 0 aliphatic carbocycles. The highest BCUT2D eigenvalue weighted by Crippen LogP contribution is 2.22. The Bertz CT molecular complexity index is 940. The molecule has 4 rings (SSSR count). The second kappa shape index (κ2) is 5.71. The summed E-state index contributed by atoms with van der Waals surface area (Å²) in [7, 11) is 2.01. The predicted molar refractivity (Wildman–Crippen MR) is 93.1 cm³/mol. The first kappa shape index (κ1) is 14.3. The standard InChI is InChI=1S/C15H14N6S2/c1-10-16-12(9-23-10)7-20(2)14-4-3-13-17-18-15(21(13)19-14)11-5-6-22-8-11/h3-6,8-9H,7H2,1-2H3. The van der Waals surface area contributed by atoms with Crippen molar-refractivity contribution in [3.8, 4) is 11.4 Å². The third-order valence-corrected chi connectivity index (χ3v) is 4.99. The van der Waals surface area contributed by atoms with E-state index in [4.69, 9.17) is 5.10 Å². The number of aryl methyl sites for hydroxylation is 1. The smallest absolute Gasteiger partial charge is 0.186 e. The molecule has 0 saturated carbocycles. The first-order chi connectivity index (χ1) is 11.2. The number of fused-ring (bicyclic) bond motifs is 1. The van der Waals surface area contributed by atoms with E-state index in [1.165, 1.54) is 0 Å². The Balaban J connectivity index is 1.69. The molecule has 4 aromatic rings. The van der Waals surface area contributed by atoms with Crippen molar-refractivity contribution in [3.05, 3.63) is 45.0 Å². The van der Waals surface area contributed by atoms with Crippen molar-refractivity contribution in [1.82, 2.24) is 24.8 Å². The topological polar surface area (TPSA) is 59.2 Å². The van der Waals surface area contributed by atoms with Gasteiger partial charge < -0.3 is 4.90 Å². The van der Waals surface area contributed by atoms with Crippen LogP contribution in [0.15, 0.2) is 34.3 Å². The summed E-state index contributed by atoms with van der Waals surface area (Å²) in [6.45, 7) is 2.74. The molecule has 0 N–H and O–H groups in total. The van der Waals surface area contributed by atoms with Crippen LogP contribution in [0.4, 0.5) is 5.82 Å². The van der Waals surface area contributed by atoms with Crippen LogP contribution in [0, 0.1) is 6.92 Å². The second-order valence-electron chi connectivity index (χ2n) is 5.21. The molecule has 0 atom stereocenters. The molecule has 0 amide bonds. The van der Waals surface area contributed by atoms with Crippen molar-refractivity contribution in [2.75, 3.05) is 11.9 Å². The lowest BCUT2D eigenvalue weighted by Crippen LogP contribution is -2.19. The van der Waals surface area contributed by atoms with Gasteiger partial charge in [-0.1, -0.05) is 0 Å². The molecule has 0 fully saturated rings. The number of rotatable bonds is 4. The average Bonchev–Trinajstić information content (AvgIpc) is 3.26. The average molecular weight is 342 g/mol. The molecule has 8 heteroatoms. The highest BCUT2D eigenvalue weighted by Gasteiger charge is 2.12. The lowest BCUT2D eigenvalue weighted by molar-refractivity contribution is 0.828. The summed E-state index contributed by atoms with van der Waals surface area (Å²) in [6, 6.07) is 5.92. The first-order valence-electron chi connectivity index (χ1n) is 7.08. The van der Waals surface area contributed by atoms with Gasteiger partial charge in [-0.2, -0.15) is 15.9 Å². The zero-order valence-corrected chi connectivity index (χ0v) is 14.3. The van der Waals surface area contributed by atoms with Crippen LogP contribution in [-0.2, 0) is 6.54 Å². The highest BCUT2D eigenvalue weighted by atomic mass is 32.1. The molecule has 0 aliphatic rings. The van der Waals surface area contributed by atoms with Crippen LogP contribution in [0.3, 0.4) is 0 Å². The maximum Gasteiger partial charge on any atom is 0.186 e. The summed E-state index contributed by atoms with van der Waals surface area (Å²) < 4.78 is 1.79. The Morgan fingerprint density at radius 1 is 1.17 bits per heavy atom. The van der Waals surface area contributed by atoms with Gasteiger partial charge in [0, 0.05) is 23.4 Å². The molecule has 116 valence electrons. The normalized spacial score (nSPS) is 11.2. The Labute approximate surface area is 141 Å². The van der Waals surface area contributed by atoms with E-state index in [9.17, 15) is 0 Å². The molecule has 6 nitrogen and oxygen atoms in total. The van der Waals surface area contributed by atoms with E-state index >= 15 is 0 Å². The van der Waals surface area contributed by atoms with E-state index < -0.39 is 0 Å². The molecule has 0 spiro atoms. The van der Waals surface area contributed by atoms with E-state index in [2.05, 4.69) is 25.5 Å². The lowest BCUT2D eigenvalue weighted by Gasteiger charge is -2.16. The van der Waals surface area contributed by atoms with E-state index in [-0.39, 0.29) is 0 Å². The van der Waals surface area contributed by atoms with Crippen LogP contribution in [-0.4, -0.2) is 31.8 Å². The van der Waals surface area contributed by atoms with Crippen LogP contribution in [0.5, 0.6) is 0 Å². The van der Waals surface area contributed by atoms with Gasteiger partial charge >= 0.3 is 0 Å². The molecule has 0 aromatic carbocycles. The number of aromatic nitrogens is 5. The Kier molecular flexibility index (Phi) is 3.55. The zero-order valence-electron chi connectivity index (χ0n) is 12.7. The fourth-order valence-electron chi connectivity index (χ4n) is 2.36. The Morgan fingerprint density at radius 2 is 2.09 bits per heavy atom. The summed E-state index contributed by atoms with van der Waals surface area (Å²) in [5, 5.41) is 20.4. The highest BCUT2D eigenvalue weighted by molar-refractivity contribution is 7.09. The zero-order chi connectivity index (χ0) is 15.8. The van der Waals surface area contributed by atoms with Crippen molar-refractivity contribution < 1.29 is 0 Å². The van der Waals surface area contributed by atoms with Crippen molar-refractivity contribution in [1.29, 1.82) is 0 Å². The minimum Gasteiger partial charge on any atom is -0.352 e. The van der Waals surface area contributed by atoms with Gasteiger partial charge in [0.05, 0.1) is 17.2 Å². The molecule has 0 aliphatic heterocycles. The van der Waals surface area contributed by atoms with Gasteiger partial charge in [0.2, 0.25) is 0 Å². The minimum atomic E-state index is 0.721. The molecule has 0 bridgehead atoms. The molecule has 0 radical (unpaired) electrons. The number of thiophene rings is 1. The van der Waals surface area contributed by atoms with Gasteiger partial charge in [-0.15, -0.1) is 26.6 Å². The van der Waals surface area contributed by atoms with Gasteiger partial charge in [-0.3, -0.25) is 0 Å². The summed E-state index contributed by atoms with van der Waals surface area (Å²) in [5.74, 6) is 1.63. The third-order valence-electron chi connectivity index (χ3n) is 3.48. The SMILES string of the molecule is Cc1nc(CN(C)c2ccc3nnc(-c4ccsc4)n3n2)cs1. The van der Waals surface area contributed by atoms with Crippen LogP contribution >= 0.6 is 22.7 Å². The Morgan fingerprint density at radius 3 is 2.83 bits per heavy atom. The van der Waals surface area contributed by atoms with E-state index in [1.54, 1.807) is 27.2 Å². The molecular weight excluding hydrogens is 328 g/mol. The minimum absolute atomic E-state index is 0.721. The fraction of sp³-hybridized carbons (Fsp3) is 0.200. The van der Waals surface area contributed by atoms with Crippen molar-refractivity contribution in [3.63, 3.8) is 0 Å². The second-order valence-corrected chi connectivity index (χ2v) is 7.05. The largest absolute Gasteiger partial charge is 0.352 e. The van der Waals surface area contributed by atoms with E-state index in [0.29, 0.717) is 0 Å². The van der Waals surface area contributed by atoms with Gasteiger partial charge in [0.15, 0.2) is 11.5 Å². The van der Waals surface area contributed by atoms with Crippen LogP contribution in [0.1, 0.15) is 10.7 Å². The molecule has 0 saturated heterocycles. The number of hydrogen-bond donors (Lipinski definition) is 0. The summed E-state index contributed by atoms with van der Waals surface area (Å²) in [4.78, 5) is 6.58. The molecular formula is C15H14N6S2. The van der Waals surface area contributed by atoms with E-state index in [1.807, 2.05) is 42.9 Å². The van der Waals surface area contributed by atoms with Gasteiger partial charge in [0.1, 0.15) is 5.82 Å². The first-order valence-corrected chi connectivity index (χ1v) is 8.90. The number of hydrogen-bond acceptors (Lipinski definition) is 7. The maximum absolute atomic E-state index is 4.69. The monoisotopic (exact) mass is 342 g/mol. The summed E-state index contributed by atoms with van der Waals surface area (Å²) in [5.41, 5.74) is 2.83. The van der Waals surface area contributed by atoms with Crippen LogP contribution in [0.25, 0.3) is 17.0 Å². The van der Waals surface area contributed by atoms with Crippen LogP contribution < -0.4 is 4.90 Å². The van der Waals surface area contributed by atoms with Gasteiger partial charge in [-0.05, 0) is 30.5 Å². The van der Waals surface area contributed by atoms with Gasteiger partial charge in [0.25, 0.3) is 0 Å². The number of anilines is 1. The summed E-state index contributed by atoms with van der Waals surface area (Å²) in [6.07, 6.45) is 0. The third kappa shape index (κ3) is 2.71. The Hall–Kier alpha value is -2.32. The van der Waals surface area contributed by atoms with Crippen LogP contribution in [0.2, 0.25) is 0 Å². The molecule has 4 heterocycles. The molecule has 23 heavy (non-hydrogen) atoms. The predicted octanol–water partition coefficient (Wildman–Crippen LogP) is 3.25. The summed E-state index contributed by atoms with van der Waals surface area (Å²) >= 11 is 3.30. The van der Waals surface area contributed by atoms with Gasteiger partial charge in [-0.25, -0.2) is 4.98 Å².